The highest BCUT2D eigenvalue weighted by Crippen LogP contribution is 2.33. The highest BCUT2D eigenvalue weighted by Gasteiger charge is 2.23. The van der Waals surface area contributed by atoms with E-state index in [2.05, 4.69) is 15.9 Å². The lowest BCUT2D eigenvalue weighted by atomic mass is 9.94. The summed E-state index contributed by atoms with van der Waals surface area (Å²) >= 11 is 3.50. The minimum Gasteiger partial charge on any atom is -0.402 e. The molecule has 0 unspecified atom stereocenters. The Hall–Kier alpha value is -3.49. The molecule has 3 aromatic carbocycles. The molecule has 6 nitrogen and oxygen atoms in total. The lowest BCUT2D eigenvalue weighted by Crippen LogP contribution is -2.28. The molecule has 4 aromatic rings. The van der Waals surface area contributed by atoms with Gasteiger partial charge in [0.1, 0.15) is 5.69 Å². The van der Waals surface area contributed by atoms with E-state index in [0.717, 1.165) is 16.3 Å². The van der Waals surface area contributed by atoms with E-state index in [9.17, 15) is 18.0 Å². The number of hydrogen-bond donors (Lipinski definition) is 1. The average molecular weight is 580 g/mol. The number of sulfone groups is 1. The van der Waals surface area contributed by atoms with Crippen molar-refractivity contribution in [2.45, 2.75) is 25.3 Å². The third-order valence-electron chi connectivity index (χ3n) is 6.19. The molecule has 0 fully saturated rings. The molecule has 1 heterocycles. The number of fused-ring (bicyclic) bond motifs is 1. The minimum absolute atomic E-state index is 0.0533. The van der Waals surface area contributed by atoms with E-state index in [-0.39, 0.29) is 34.4 Å². The predicted molar refractivity (Wildman–Crippen MR) is 151 cm³/mol. The van der Waals surface area contributed by atoms with Crippen LogP contribution in [-0.4, -0.2) is 25.0 Å². The maximum Gasteiger partial charge on any atom is 0.259 e. The van der Waals surface area contributed by atoms with Crippen LogP contribution in [0.3, 0.4) is 0 Å². The van der Waals surface area contributed by atoms with Crippen LogP contribution in [0.2, 0.25) is 0 Å². The molecule has 0 amide bonds. The SMILES string of the molecule is CC(C)/C(N)=C/C(=O)c1c(-c2ccccc2)c2cc(Br)ccc2c(=O)n1Cc1ccc(S(C)(=O)=O)cc1. The lowest BCUT2D eigenvalue weighted by molar-refractivity contribution is 0.103. The average Bonchev–Trinajstić information content (AvgIpc) is 2.85. The smallest absolute Gasteiger partial charge is 0.259 e. The Bertz CT molecular complexity index is 1690. The quantitative estimate of drug-likeness (QED) is 0.228. The number of carbonyl (C=O) groups is 1. The van der Waals surface area contributed by atoms with E-state index in [1.807, 2.05) is 50.2 Å². The van der Waals surface area contributed by atoms with E-state index in [1.165, 1.54) is 22.8 Å². The Morgan fingerprint density at radius 3 is 2.24 bits per heavy atom. The number of allylic oxidation sites excluding steroid dienone is 2. The van der Waals surface area contributed by atoms with Crippen LogP contribution in [0.4, 0.5) is 0 Å². The Morgan fingerprint density at radius 1 is 1.00 bits per heavy atom. The maximum atomic E-state index is 13.8. The van der Waals surface area contributed by atoms with Crippen LogP contribution in [0.5, 0.6) is 0 Å². The Morgan fingerprint density at radius 2 is 1.65 bits per heavy atom. The van der Waals surface area contributed by atoms with E-state index in [1.54, 1.807) is 24.3 Å². The molecule has 8 heteroatoms. The van der Waals surface area contributed by atoms with Crippen LogP contribution in [0.1, 0.15) is 29.9 Å². The first kappa shape index (κ1) is 26.6. The van der Waals surface area contributed by atoms with E-state index < -0.39 is 9.84 Å². The second kappa shape index (κ2) is 10.5. The fraction of sp³-hybridized carbons (Fsp3) is 0.172. The zero-order valence-electron chi connectivity index (χ0n) is 20.7. The van der Waals surface area contributed by atoms with Crippen LogP contribution in [0.15, 0.2) is 98.7 Å². The van der Waals surface area contributed by atoms with Crippen molar-refractivity contribution in [3.8, 4) is 11.1 Å². The molecule has 0 bridgehead atoms. The fourth-order valence-electron chi connectivity index (χ4n) is 4.13. The van der Waals surface area contributed by atoms with Crippen molar-refractivity contribution >= 4 is 42.3 Å². The van der Waals surface area contributed by atoms with Gasteiger partial charge in [-0.25, -0.2) is 8.42 Å². The van der Waals surface area contributed by atoms with Crippen molar-refractivity contribution in [2.24, 2.45) is 11.7 Å². The van der Waals surface area contributed by atoms with Crippen molar-refractivity contribution in [1.82, 2.24) is 4.57 Å². The molecule has 0 atom stereocenters. The van der Waals surface area contributed by atoms with Gasteiger partial charge in [-0.2, -0.15) is 0 Å². The summed E-state index contributed by atoms with van der Waals surface area (Å²) in [6.45, 7) is 3.86. The molecule has 4 rings (SSSR count). The Labute approximate surface area is 224 Å². The Kier molecular flexibility index (Phi) is 7.52. The minimum atomic E-state index is -3.37. The third-order valence-corrected chi connectivity index (χ3v) is 7.81. The van der Waals surface area contributed by atoms with Gasteiger partial charge in [-0.05, 0) is 52.8 Å². The van der Waals surface area contributed by atoms with Gasteiger partial charge >= 0.3 is 0 Å². The van der Waals surface area contributed by atoms with Crippen LogP contribution in [0.25, 0.3) is 21.9 Å². The molecule has 0 spiro atoms. The van der Waals surface area contributed by atoms with Gasteiger partial charge in [-0.1, -0.05) is 72.2 Å². The molecule has 37 heavy (non-hydrogen) atoms. The summed E-state index contributed by atoms with van der Waals surface area (Å²) in [5, 5.41) is 1.11. The normalized spacial score (nSPS) is 12.3. The summed E-state index contributed by atoms with van der Waals surface area (Å²) in [5.74, 6) is -0.431. The first-order valence-electron chi connectivity index (χ1n) is 11.7. The molecular weight excluding hydrogens is 552 g/mol. The summed E-state index contributed by atoms with van der Waals surface area (Å²) < 4.78 is 26.1. The molecule has 2 N–H and O–H groups in total. The number of aromatic nitrogens is 1. The summed E-state index contributed by atoms with van der Waals surface area (Å²) in [4.78, 5) is 27.9. The molecule has 0 saturated carbocycles. The van der Waals surface area contributed by atoms with E-state index >= 15 is 0 Å². The monoisotopic (exact) mass is 578 g/mol. The van der Waals surface area contributed by atoms with Gasteiger partial charge in [-0.15, -0.1) is 0 Å². The molecule has 0 aliphatic carbocycles. The largest absolute Gasteiger partial charge is 0.402 e. The second-order valence-corrected chi connectivity index (χ2v) is 12.2. The molecule has 0 saturated heterocycles. The number of ketones is 1. The van der Waals surface area contributed by atoms with Gasteiger partial charge in [0.25, 0.3) is 5.56 Å². The summed E-state index contributed by atoms with van der Waals surface area (Å²) in [6.07, 6.45) is 2.53. The molecule has 1 aromatic heterocycles. The summed E-state index contributed by atoms with van der Waals surface area (Å²) in [5.41, 5.74) is 8.57. The van der Waals surface area contributed by atoms with Gasteiger partial charge in [0.15, 0.2) is 9.84 Å². The molecule has 0 aliphatic heterocycles. The van der Waals surface area contributed by atoms with Crippen molar-refractivity contribution in [1.29, 1.82) is 0 Å². The zero-order valence-corrected chi connectivity index (χ0v) is 23.1. The van der Waals surface area contributed by atoms with Crippen molar-refractivity contribution in [2.75, 3.05) is 6.26 Å². The number of pyridine rings is 1. The first-order valence-corrected chi connectivity index (χ1v) is 14.4. The first-order chi connectivity index (χ1) is 17.5. The number of halogens is 1. The maximum absolute atomic E-state index is 13.8. The predicted octanol–water partition coefficient (Wildman–Crippen LogP) is 5.56. The van der Waals surface area contributed by atoms with Crippen molar-refractivity contribution < 1.29 is 13.2 Å². The molecule has 0 aliphatic rings. The topological polar surface area (TPSA) is 99.2 Å². The number of nitrogens with two attached hydrogens (primary N) is 1. The highest BCUT2D eigenvalue weighted by molar-refractivity contribution is 9.10. The zero-order chi connectivity index (χ0) is 26.9. The molecular formula is C29H27BrN2O4S. The lowest BCUT2D eigenvalue weighted by Gasteiger charge is -2.19. The molecule has 190 valence electrons. The number of nitrogens with zero attached hydrogens (tertiary/aromatic N) is 1. The fourth-order valence-corrected chi connectivity index (χ4v) is 5.13. The Balaban J connectivity index is 2.07. The van der Waals surface area contributed by atoms with E-state index in [0.29, 0.717) is 27.6 Å². The number of benzene rings is 3. The standard InChI is InChI=1S/C29H27BrN2O4S/c1-18(2)25(31)16-26(33)28-27(20-7-5-4-6-8-20)24-15-21(30)11-14-23(24)29(34)32(28)17-19-9-12-22(13-10-19)37(3,35)36/h4-16,18H,17,31H2,1-3H3/b25-16-. The second-order valence-electron chi connectivity index (χ2n) is 9.25. The van der Waals surface area contributed by atoms with Crippen LogP contribution in [0, 0.1) is 5.92 Å². The van der Waals surface area contributed by atoms with Gasteiger partial charge < -0.3 is 5.73 Å². The highest BCUT2D eigenvalue weighted by atomic mass is 79.9. The van der Waals surface area contributed by atoms with E-state index in [4.69, 9.17) is 5.73 Å². The summed E-state index contributed by atoms with van der Waals surface area (Å²) in [7, 11) is -3.37. The van der Waals surface area contributed by atoms with Crippen molar-refractivity contribution in [3.05, 3.63) is 111 Å². The summed E-state index contributed by atoms with van der Waals surface area (Å²) in [6, 6.07) is 21.1. The van der Waals surface area contributed by atoms with Gasteiger partial charge in [0, 0.05) is 33.5 Å². The van der Waals surface area contributed by atoms with Crippen LogP contribution in [-0.2, 0) is 16.4 Å². The number of carbonyl (C=O) groups excluding carboxylic acids is 1. The van der Waals surface area contributed by atoms with Crippen LogP contribution < -0.4 is 11.3 Å². The number of rotatable bonds is 7. The van der Waals surface area contributed by atoms with Gasteiger partial charge in [0.05, 0.1) is 11.4 Å². The van der Waals surface area contributed by atoms with Gasteiger partial charge in [0.2, 0.25) is 5.78 Å². The van der Waals surface area contributed by atoms with Crippen LogP contribution >= 0.6 is 15.9 Å². The number of hydrogen-bond acceptors (Lipinski definition) is 5. The van der Waals surface area contributed by atoms with Gasteiger partial charge in [-0.3, -0.25) is 14.2 Å². The molecule has 0 radical (unpaired) electrons. The third kappa shape index (κ3) is 5.60. The van der Waals surface area contributed by atoms with Crippen molar-refractivity contribution in [3.63, 3.8) is 0 Å².